The fourth-order valence-electron chi connectivity index (χ4n) is 2.09. The fourth-order valence-corrected chi connectivity index (χ4v) is 3.34. The van der Waals surface area contributed by atoms with E-state index in [0.29, 0.717) is 4.88 Å². The van der Waals surface area contributed by atoms with Crippen molar-refractivity contribution in [3.8, 4) is 5.75 Å². The first-order chi connectivity index (χ1) is 11.3. The van der Waals surface area contributed by atoms with Crippen molar-refractivity contribution < 1.29 is 22.7 Å². The van der Waals surface area contributed by atoms with E-state index in [1.165, 1.54) is 30.6 Å². The third-order valence-corrected chi connectivity index (χ3v) is 4.57. The van der Waals surface area contributed by atoms with Crippen molar-refractivity contribution >= 4 is 38.6 Å². The standard InChI is InChI=1S/C15H16N2O5S2/c1-22-13-7-11(17-24(2,20)21)9(6-10(13)12(18)8-16)15(19)14-4-3-5-23-14/h3-7,17H,8,16H2,1-2H3. The van der Waals surface area contributed by atoms with E-state index in [-0.39, 0.29) is 29.1 Å². The van der Waals surface area contributed by atoms with Crippen molar-refractivity contribution in [2.75, 3.05) is 24.6 Å². The Balaban J connectivity index is 2.67. The summed E-state index contributed by atoms with van der Waals surface area (Å²) in [5.74, 6) is -0.679. The number of nitrogens with one attached hydrogen (secondary N) is 1. The molecule has 2 rings (SSSR count). The molecule has 1 aromatic heterocycles. The highest BCUT2D eigenvalue weighted by Crippen LogP contribution is 2.31. The molecule has 128 valence electrons. The minimum atomic E-state index is -3.63. The van der Waals surface area contributed by atoms with Crippen LogP contribution >= 0.6 is 11.3 Å². The van der Waals surface area contributed by atoms with E-state index in [2.05, 4.69) is 4.72 Å². The largest absolute Gasteiger partial charge is 0.496 e. The van der Waals surface area contributed by atoms with Crippen molar-refractivity contribution in [1.82, 2.24) is 0 Å². The van der Waals surface area contributed by atoms with Crippen molar-refractivity contribution in [2.24, 2.45) is 5.73 Å². The number of carbonyl (C=O) groups excluding carboxylic acids is 2. The Labute approximate surface area is 143 Å². The van der Waals surface area contributed by atoms with Crippen molar-refractivity contribution in [3.63, 3.8) is 0 Å². The molecule has 7 nitrogen and oxygen atoms in total. The van der Waals surface area contributed by atoms with Gasteiger partial charge in [-0.3, -0.25) is 14.3 Å². The molecule has 0 unspecified atom stereocenters. The highest BCUT2D eigenvalue weighted by Gasteiger charge is 2.22. The van der Waals surface area contributed by atoms with Gasteiger partial charge in [0, 0.05) is 11.6 Å². The van der Waals surface area contributed by atoms with Crippen LogP contribution in [0.2, 0.25) is 0 Å². The van der Waals surface area contributed by atoms with Gasteiger partial charge in [-0.2, -0.15) is 0 Å². The van der Waals surface area contributed by atoms with Gasteiger partial charge in [0.1, 0.15) is 5.75 Å². The first-order valence-electron chi connectivity index (χ1n) is 6.78. The molecule has 0 radical (unpaired) electrons. The molecule has 0 spiro atoms. The first kappa shape index (κ1) is 18.1. The summed E-state index contributed by atoms with van der Waals surface area (Å²) in [6.07, 6.45) is 0.970. The average molecular weight is 368 g/mol. The number of Topliss-reactive ketones (excluding diaryl/α,β-unsaturated/α-hetero) is 1. The molecule has 0 aliphatic rings. The SMILES string of the molecule is COc1cc(NS(C)(=O)=O)c(C(=O)c2cccs2)cc1C(=O)CN. The second kappa shape index (κ2) is 7.12. The second-order valence-electron chi connectivity index (χ2n) is 4.91. The third kappa shape index (κ3) is 3.99. The first-order valence-corrected chi connectivity index (χ1v) is 9.55. The molecule has 1 aromatic carbocycles. The third-order valence-electron chi connectivity index (χ3n) is 3.11. The normalized spacial score (nSPS) is 11.1. The Bertz CT molecular complexity index is 874. The number of nitrogens with two attached hydrogens (primary N) is 1. The zero-order valence-corrected chi connectivity index (χ0v) is 14.7. The monoisotopic (exact) mass is 368 g/mol. The van der Waals surface area contributed by atoms with E-state index in [1.54, 1.807) is 17.5 Å². The number of rotatable bonds is 7. The number of ketones is 2. The zero-order chi connectivity index (χ0) is 17.9. The summed E-state index contributed by atoms with van der Waals surface area (Å²) in [4.78, 5) is 25.1. The lowest BCUT2D eigenvalue weighted by Gasteiger charge is -2.14. The fraction of sp³-hybridized carbons (Fsp3) is 0.200. The maximum Gasteiger partial charge on any atom is 0.229 e. The molecule has 0 saturated carbocycles. The lowest BCUT2D eigenvalue weighted by Crippen LogP contribution is -2.18. The number of sulfonamides is 1. The number of thiophene rings is 1. The van der Waals surface area contributed by atoms with Crippen LogP contribution in [-0.2, 0) is 10.0 Å². The van der Waals surface area contributed by atoms with Crippen LogP contribution < -0.4 is 15.2 Å². The zero-order valence-electron chi connectivity index (χ0n) is 13.0. The molecule has 1 heterocycles. The van der Waals surface area contributed by atoms with Gasteiger partial charge in [0.05, 0.1) is 36.0 Å². The van der Waals surface area contributed by atoms with E-state index in [0.717, 1.165) is 6.26 Å². The van der Waals surface area contributed by atoms with E-state index < -0.39 is 21.6 Å². The number of hydrogen-bond acceptors (Lipinski definition) is 7. The quantitative estimate of drug-likeness (QED) is 0.716. The Kier molecular flexibility index (Phi) is 5.37. The Morgan fingerprint density at radius 2 is 2.00 bits per heavy atom. The highest BCUT2D eigenvalue weighted by molar-refractivity contribution is 7.92. The molecule has 0 fully saturated rings. The van der Waals surface area contributed by atoms with Crippen molar-refractivity contribution in [1.29, 1.82) is 0 Å². The van der Waals surface area contributed by atoms with Gasteiger partial charge in [-0.1, -0.05) is 6.07 Å². The summed E-state index contributed by atoms with van der Waals surface area (Å²) in [6, 6.07) is 5.94. The number of hydrogen-bond donors (Lipinski definition) is 2. The lowest BCUT2D eigenvalue weighted by atomic mass is 10.0. The van der Waals surface area contributed by atoms with Crippen LogP contribution in [0.1, 0.15) is 25.6 Å². The molecule has 2 aromatic rings. The smallest absolute Gasteiger partial charge is 0.229 e. The number of ether oxygens (including phenoxy) is 1. The van der Waals surface area contributed by atoms with Gasteiger partial charge in [-0.15, -0.1) is 11.3 Å². The van der Waals surface area contributed by atoms with Gasteiger partial charge in [-0.05, 0) is 17.5 Å². The van der Waals surface area contributed by atoms with E-state index >= 15 is 0 Å². The molecule has 0 aliphatic heterocycles. The topological polar surface area (TPSA) is 116 Å². The Morgan fingerprint density at radius 3 is 2.50 bits per heavy atom. The molecule has 0 atom stereocenters. The minimum absolute atomic E-state index is 0.0429. The van der Waals surface area contributed by atoms with Gasteiger partial charge in [-0.25, -0.2) is 8.42 Å². The van der Waals surface area contributed by atoms with Crippen LogP contribution in [0, 0.1) is 0 Å². The Hall–Kier alpha value is -2.23. The Morgan fingerprint density at radius 1 is 1.29 bits per heavy atom. The van der Waals surface area contributed by atoms with Crippen LogP contribution in [0.25, 0.3) is 0 Å². The number of anilines is 1. The summed E-state index contributed by atoms with van der Waals surface area (Å²) in [5.41, 5.74) is 5.61. The van der Waals surface area contributed by atoms with Gasteiger partial charge < -0.3 is 10.5 Å². The maximum atomic E-state index is 12.7. The van der Waals surface area contributed by atoms with E-state index in [1.807, 2.05) is 0 Å². The van der Waals surface area contributed by atoms with Crippen molar-refractivity contribution in [2.45, 2.75) is 0 Å². The van der Waals surface area contributed by atoms with E-state index in [9.17, 15) is 18.0 Å². The van der Waals surface area contributed by atoms with Crippen LogP contribution in [0.3, 0.4) is 0 Å². The van der Waals surface area contributed by atoms with Gasteiger partial charge >= 0.3 is 0 Å². The molecule has 0 aliphatic carbocycles. The minimum Gasteiger partial charge on any atom is -0.496 e. The highest BCUT2D eigenvalue weighted by atomic mass is 32.2. The molecule has 0 bridgehead atoms. The van der Waals surface area contributed by atoms with Gasteiger partial charge in [0.25, 0.3) is 0 Å². The summed E-state index contributed by atoms with van der Waals surface area (Å²) >= 11 is 1.21. The molecule has 24 heavy (non-hydrogen) atoms. The van der Waals surface area contributed by atoms with Gasteiger partial charge in [0.2, 0.25) is 15.8 Å². The number of carbonyl (C=O) groups is 2. The van der Waals surface area contributed by atoms with Crippen LogP contribution in [-0.4, -0.2) is 39.9 Å². The number of methoxy groups -OCH3 is 1. The van der Waals surface area contributed by atoms with Crippen LogP contribution in [0.5, 0.6) is 5.75 Å². The number of benzene rings is 1. The molecule has 0 saturated heterocycles. The molecule has 3 N–H and O–H groups in total. The molecule has 9 heteroatoms. The van der Waals surface area contributed by atoms with Crippen molar-refractivity contribution in [3.05, 3.63) is 45.6 Å². The summed E-state index contributed by atoms with van der Waals surface area (Å²) in [5, 5.41) is 1.73. The van der Waals surface area contributed by atoms with E-state index in [4.69, 9.17) is 10.5 Å². The second-order valence-corrected chi connectivity index (χ2v) is 7.60. The maximum absolute atomic E-state index is 12.7. The van der Waals surface area contributed by atoms with Crippen LogP contribution in [0.4, 0.5) is 5.69 Å². The molecular weight excluding hydrogens is 352 g/mol. The summed E-state index contributed by atoms with van der Waals surface area (Å²) < 4.78 is 30.6. The van der Waals surface area contributed by atoms with Crippen LogP contribution in [0.15, 0.2) is 29.6 Å². The summed E-state index contributed by atoms with van der Waals surface area (Å²) in [6.45, 7) is -0.262. The summed E-state index contributed by atoms with van der Waals surface area (Å²) in [7, 11) is -2.29. The average Bonchev–Trinajstić information content (AvgIpc) is 3.06. The molecular formula is C15H16N2O5S2. The molecule has 0 amide bonds. The lowest BCUT2D eigenvalue weighted by molar-refractivity contribution is 0.0998. The predicted octanol–water partition coefficient (Wildman–Crippen LogP) is 1.50. The predicted molar refractivity (Wildman–Crippen MR) is 92.6 cm³/mol. The van der Waals surface area contributed by atoms with Gasteiger partial charge in [0.15, 0.2) is 5.78 Å².